The highest BCUT2D eigenvalue weighted by Gasteiger charge is 2.29. The number of hydrogen-bond donors (Lipinski definition) is 1. The van der Waals surface area contributed by atoms with Gasteiger partial charge in [-0.3, -0.25) is 0 Å². The van der Waals surface area contributed by atoms with E-state index in [4.69, 9.17) is 11.6 Å². The van der Waals surface area contributed by atoms with Gasteiger partial charge in [-0.25, -0.2) is 0 Å². The minimum atomic E-state index is -0.113. The molecule has 0 spiro atoms. The third kappa shape index (κ3) is 4.73. The summed E-state index contributed by atoms with van der Waals surface area (Å²) in [4.78, 5) is 3.62. The average Bonchev–Trinajstić information content (AvgIpc) is 2.79. The third-order valence-corrected chi connectivity index (χ3v) is 5.56. The number of thiophene rings is 1. The number of hydrogen-bond acceptors (Lipinski definition) is 3. The molecule has 0 saturated heterocycles. The first-order chi connectivity index (χ1) is 9.58. The Labute approximate surface area is 131 Å². The van der Waals surface area contributed by atoms with E-state index in [1.165, 1.54) is 30.6 Å². The van der Waals surface area contributed by atoms with Gasteiger partial charge in [0.2, 0.25) is 0 Å². The molecule has 0 radical (unpaired) electrons. The van der Waals surface area contributed by atoms with Crippen LogP contribution in [0.1, 0.15) is 43.9 Å². The van der Waals surface area contributed by atoms with Crippen LogP contribution in [0.5, 0.6) is 0 Å². The fourth-order valence-corrected chi connectivity index (χ4v) is 4.55. The molecular weight excluding hydrogens is 290 g/mol. The Morgan fingerprint density at radius 3 is 2.85 bits per heavy atom. The molecule has 3 unspecified atom stereocenters. The van der Waals surface area contributed by atoms with Gasteiger partial charge >= 0.3 is 0 Å². The fraction of sp³-hybridized carbons (Fsp3) is 0.750. The van der Waals surface area contributed by atoms with Gasteiger partial charge in [-0.15, -0.1) is 11.3 Å². The lowest BCUT2D eigenvalue weighted by Gasteiger charge is -2.35. The Morgan fingerprint density at radius 2 is 2.20 bits per heavy atom. The fourth-order valence-electron chi connectivity index (χ4n) is 3.38. The zero-order valence-electron chi connectivity index (χ0n) is 12.5. The van der Waals surface area contributed by atoms with Gasteiger partial charge < -0.3 is 10.0 Å². The molecule has 1 fully saturated rings. The molecule has 3 atom stereocenters. The molecule has 20 heavy (non-hydrogen) atoms. The van der Waals surface area contributed by atoms with Crippen LogP contribution in [0.2, 0.25) is 4.34 Å². The summed E-state index contributed by atoms with van der Waals surface area (Å²) in [6.45, 7) is 4.17. The van der Waals surface area contributed by atoms with Crippen LogP contribution in [0.25, 0.3) is 0 Å². The number of aliphatic hydroxyl groups is 1. The predicted molar refractivity (Wildman–Crippen MR) is 87.4 cm³/mol. The lowest BCUT2D eigenvalue weighted by atomic mass is 9.77. The van der Waals surface area contributed by atoms with Crippen molar-refractivity contribution in [3.63, 3.8) is 0 Å². The van der Waals surface area contributed by atoms with Crippen molar-refractivity contribution >= 4 is 22.9 Å². The van der Waals surface area contributed by atoms with E-state index in [1.54, 1.807) is 11.3 Å². The van der Waals surface area contributed by atoms with E-state index in [0.29, 0.717) is 5.92 Å². The SMILES string of the molecule is CCCC1CCC(O)C(CN(C)Cc2ccc(Cl)s2)C1. The molecule has 1 heterocycles. The molecule has 0 aromatic carbocycles. The molecule has 1 saturated carbocycles. The Balaban J connectivity index is 1.83. The molecule has 0 aliphatic heterocycles. The number of rotatable bonds is 6. The maximum absolute atomic E-state index is 10.2. The normalized spacial score (nSPS) is 27.1. The second-order valence-electron chi connectivity index (χ2n) is 6.20. The second kappa shape index (κ2) is 7.79. The molecule has 4 heteroatoms. The maximum Gasteiger partial charge on any atom is 0.0931 e. The van der Waals surface area contributed by atoms with Crippen molar-refractivity contribution in [1.29, 1.82) is 0 Å². The van der Waals surface area contributed by atoms with Crippen molar-refractivity contribution in [3.8, 4) is 0 Å². The summed E-state index contributed by atoms with van der Waals surface area (Å²) in [5.41, 5.74) is 0. The third-order valence-electron chi connectivity index (χ3n) is 4.35. The van der Waals surface area contributed by atoms with Crippen LogP contribution in [0.15, 0.2) is 12.1 Å². The van der Waals surface area contributed by atoms with E-state index < -0.39 is 0 Å². The zero-order valence-corrected chi connectivity index (χ0v) is 14.1. The van der Waals surface area contributed by atoms with E-state index in [0.717, 1.165) is 29.8 Å². The Morgan fingerprint density at radius 1 is 1.40 bits per heavy atom. The molecule has 2 nitrogen and oxygen atoms in total. The lowest BCUT2D eigenvalue weighted by Crippen LogP contribution is -2.37. The van der Waals surface area contributed by atoms with Gasteiger partial charge in [0.1, 0.15) is 0 Å². The summed E-state index contributed by atoms with van der Waals surface area (Å²) in [6, 6.07) is 4.06. The zero-order chi connectivity index (χ0) is 14.5. The molecular formula is C16H26ClNOS. The van der Waals surface area contributed by atoms with Crippen molar-refractivity contribution in [3.05, 3.63) is 21.3 Å². The van der Waals surface area contributed by atoms with Crippen molar-refractivity contribution < 1.29 is 5.11 Å². The van der Waals surface area contributed by atoms with E-state index in [9.17, 15) is 5.11 Å². The van der Waals surface area contributed by atoms with Gasteiger partial charge in [0.05, 0.1) is 10.4 Å². The van der Waals surface area contributed by atoms with E-state index in [1.807, 2.05) is 6.07 Å². The van der Waals surface area contributed by atoms with Crippen molar-refractivity contribution in [2.75, 3.05) is 13.6 Å². The first-order valence-electron chi connectivity index (χ1n) is 7.69. The summed E-state index contributed by atoms with van der Waals surface area (Å²) < 4.78 is 0.856. The smallest absolute Gasteiger partial charge is 0.0931 e. The van der Waals surface area contributed by atoms with Crippen LogP contribution < -0.4 is 0 Å². The average molecular weight is 316 g/mol. The van der Waals surface area contributed by atoms with E-state index >= 15 is 0 Å². The molecule has 1 N–H and O–H groups in total. The standard InChI is InChI=1S/C16H26ClNOS/c1-3-4-12-5-7-15(19)13(9-12)10-18(2)11-14-6-8-16(17)20-14/h6,8,12-13,15,19H,3-5,7,9-11H2,1-2H3. The summed E-state index contributed by atoms with van der Waals surface area (Å²) in [5, 5.41) is 10.2. The maximum atomic E-state index is 10.2. The van der Waals surface area contributed by atoms with Gasteiger partial charge in [-0.05, 0) is 50.3 Å². The van der Waals surface area contributed by atoms with Crippen molar-refractivity contribution in [2.24, 2.45) is 11.8 Å². The largest absolute Gasteiger partial charge is 0.393 e. The highest BCUT2D eigenvalue weighted by Crippen LogP contribution is 2.33. The minimum absolute atomic E-state index is 0.113. The molecule has 2 rings (SSSR count). The Kier molecular flexibility index (Phi) is 6.34. The van der Waals surface area contributed by atoms with Gasteiger partial charge in [0, 0.05) is 18.0 Å². The van der Waals surface area contributed by atoms with Gasteiger partial charge in [-0.2, -0.15) is 0 Å². The quantitative estimate of drug-likeness (QED) is 0.840. The number of nitrogens with zero attached hydrogens (tertiary/aromatic N) is 1. The highest BCUT2D eigenvalue weighted by atomic mass is 35.5. The van der Waals surface area contributed by atoms with Gasteiger partial charge in [0.25, 0.3) is 0 Å². The molecule has 1 aromatic rings. The Bertz CT molecular complexity index is 409. The van der Waals surface area contributed by atoms with E-state index in [2.05, 4.69) is 24.9 Å². The first kappa shape index (κ1) is 16.3. The van der Waals surface area contributed by atoms with Crippen LogP contribution in [0, 0.1) is 11.8 Å². The number of halogens is 1. The van der Waals surface area contributed by atoms with E-state index in [-0.39, 0.29) is 6.10 Å². The van der Waals surface area contributed by atoms with Crippen LogP contribution in [0.3, 0.4) is 0 Å². The minimum Gasteiger partial charge on any atom is -0.393 e. The van der Waals surface area contributed by atoms with Crippen LogP contribution >= 0.6 is 22.9 Å². The number of aliphatic hydroxyl groups excluding tert-OH is 1. The predicted octanol–water partition coefficient (Wildman–Crippen LogP) is 4.41. The van der Waals surface area contributed by atoms with Crippen LogP contribution in [0.4, 0.5) is 0 Å². The summed E-state index contributed by atoms with van der Waals surface area (Å²) in [6.07, 6.45) is 5.83. The topological polar surface area (TPSA) is 23.5 Å². The van der Waals surface area contributed by atoms with Crippen LogP contribution in [-0.4, -0.2) is 29.7 Å². The molecule has 114 valence electrons. The monoisotopic (exact) mass is 315 g/mol. The summed E-state index contributed by atoms with van der Waals surface area (Å²) >= 11 is 7.62. The molecule has 1 aliphatic rings. The summed E-state index contributed by atoms with van der Waals surface area (Å²) in [5.74, 6) is 1.25. The Hall–Kier alpha value is -0.0900. The summed E-state index contributed by atoms with van der Waals surface area (Å²) in [7, 11) is 2.14. The first-order valence-corrected chi connectivity index (χ1v) is 8.88. The molecule has 0 amide bonds. The second-order valence-corrected chi connectivity index (χ2v) is 8.00. The molecule has 0 bridgehead atoms. The lowest BCUT2D eigenvalue weighted by molar-refractivity contribution is 0.0289. The molecule has 1 aromatic heterocycles. The van der Waals surface area contributed by atoms with Crippen molar-refractivity contribution in [1.82, 2.24) is 4.90 Å². The van der Waals surface area contributed by atoms with Gasteiger partial charge in [-0.1, -0.05) is 31.4 Å². The van der Waals surface area contributed by atoms with Gasteiger partial charge in [0.15, 0.2) is 0 Å². The highest BCUT2D eigenvalue weighted by molar-refractivity contribution is 7.16. The van der Waals surface area contributed by atoms with Crippen LogP contribution in [-0.2, 0) is 6.54 Å². The van der Waals surface area contributed by atoms with Crippen molar-refractivity contribution in [2.45, 2.75) is 51.7 Å². The molecule has 1 aliphatic carbocycles.